The van der Waals surface area contributed by atoms with Gasteiger partial charge in [0.25, 0.3) is 0 Å². The number of pyridine rings is 1. The molecule has 1 saturated heterocycles. The van der Waals surface area contributed by atoms with Gasteiger partial charge in [-0.3, -0.25) is 19.1 Å². The summed E-state index contributed by atoms with van der Waals surface area (Å²) in [5, 5.41) is 8.95. The Morgan fingerprint density at radius 2 is 1.76 bits per heavy atom. The zero-order valence-corrected chi connectivity index (χ0v) is 33.8. The van der Waals surface area contributed by atoms with E-state index in [1.807, 2.05) is 104 Å². The first-order valence-corrected chi connectivity index (χ1v) is 18.5. The number of amidine groups is 1. The van der Waals surface area contributed by atoms with Crippen molar-refractivity contribution >= 4 is 46.9 Å². The second-order valence-corrected chi connectivity index (χ2v) is 12.4. The summed E-state index contributed by atoms with van der Waals surface area (Å²) < 4.78 is 12.1. The number of aryl methyl sites for hydroxylation is 2. The number of hydrogen-bond donors (Lipinski definition) is 1. The topological polar surface area (TPSA) is 80.7 Å². The zero-order chi connectivity index (χ0) is 37.2. The van der Waals surface area contributed by atoms with Crippen LogP contribution in [0.5, 0.6) is 0 Å². The summed E-state index contributed by atoms with van der Waals surface area (Å²) in [7, 11) is 7.69. The molecule has 10 nitrogen and oxygen atoms in total. The van der Waals surface area contributed by atoms with E-state index in [1.54, 1.807) is 7.05 Å². The van der Waals surface area contributed by atoms with Crippen molar-refractivity contribution in [2.45, 2.75) is 67.9 Å². The van der Waals surface area contributed by atoms with Gasteiger partial charge in [0.15, 0.2) is 4.77 Å². The van der Waals surface area contributed by atoms with Gasteiger partial charge >= 0.3 is 0 Å². The van der Waals surface area contributed by atoms with Crippen molar-refractivity contribution in [3.05, 3.63) is 81.2 Å². The molecule has 1 fully saturated rings. The van der Waals surface area contributed by atoms with Crippen LogP contribution in [0.1, 0.15) is 64.8 Å². The fourth-order valence-corrected chi connectivity index (χ4v) is 5.97. The van der Waals surface area contributed by atoms with Gasteiger partial charge in [0, 0.05) is 70.7 Å². The Balaban J connectivity index is 0.000000420. The number of fused-ring (bicyclic) bond motifs is 1. The van der Waals surface area contributed by atoms with Gasteiger partial charge in [-0.15, -0.1) is 0 Å². The molecule has 0 atom stereocenters. The van der Waals surface area contributed by atoms with Crippen LogP contribution in [-0.2, 0) is 24.8 Å². The number of hydrogen-bond acceptors (Lipinski definition) is 8. The van der Waals surface area contributed by atoms with Crippen LogP contribution in [0.3, 0.4) is 0 Å². The zero-order valence-electron chi connectivity index (χ0n) is 32.2. The van der Waals surface area contributed by atoms with E-state index in [1.165, 1.54) is 18.5 Å². The van der Waals surface area contributed by atoms with E-state index in [0.717, 1.165) is 67.1 Å². The predicted molar refractivity (Wildman–Crippen MR) is 217 cm³/mol. The van der Waals surface area contributed by atoms with E-state index >= 15 is 0 Å². The Morgan fingerprint density at radius 3 is 2.28 bits per heavy atom. The second-order valence-electron chi connectivity index (χ2n) is 11.7. The molecule has 0 aliphatic carbocycles. The molecule has 1 aliphatic rings. The Kier molecular flexibility index (Phi) is 18.8. The molecule has 1 aliphatic heterocycles. The lowest BCUT2D eigenvalue weighted by Crippen LogP contribution is -2.36. The van der Waals surface area contributed by atoms with E-state index < -0.39 is 0 Å². The fourth-order valence-electron chi connectivity index (χ4n) is 5.36. The Morgan fingerprint density at radius 1 is 1.06 bits per heavy atom. The first-order chi connectivity index (χ1) is 24.1. The van der Waals surface area contributed by atoms with Gasteiger partial charge in [-0.2, -0.15) is 5.10 Å². The maximum Gasteiger partial charge on any atom is 0.187 e. The van der Waals surface area contributed by atoms with Crippen molar-refractivity contribution < 1.29 is 4.74 Å². The lowest BCUT2D eigenvalue weighted by Gasteiger charge is -2.25. The van der Waals surface area contributed by atoms with Crippen LogP contribution in [-0.4, -0.2) is 93.5 Å². The third-order valence-electron chi connectivity index (χ3n) is 7.88. The van der Waals surface area contributed by atoms with Gasteiger partial charge in [0.05, 0.1) is 30.6 Å². The number of benzene rings is 1. The van der Waals surface area contributed by atoms with Crippen LogP contribution in [0, 0.1) is 16.3 Å². The lowest BCUT2D eigenvalue weighted by molar-refractivity contribution is 0.0380. The number of rotatable bonds is 8. The minimum absolute atomic E-state index is 0.556. The molecule has 5 rings (SSSR count). The number of ether oxygens (including phenoxy) is 1. The molecule has 0 unspecified atom stereocenters. The third kappa shape index (κ3) is 11.7. The summed E-state index contributed by atoms with van der Waals surface area (Å²) in [5.74, 6) is 1.41. The molecule has 12 heteroatoms. The Labute approximate surface area is 310 Å². The highest BCUT2D eigenvalue weighted by Crippen LogP contribution is 2.22. The largest absolute Gasteiger partial charge is 0.384 e. The van der Waals surface area contributed by atoms with Gasteiger partial charge in [0.1, 0.15) is 16.3 Å². The van der Waals surface area contributed by atoms with Crippen molar-refractivity contribution in [2.24, 2.45) is 12.0 Å². The number of nitrogens with one attached hydrogen (secondary N) is 1. The van der Waals surface area contributed by atoms with Gasteiger partial charge in [-0.05, 0) is 88.4 Å². The van der Waals surface area contributed by atoms with Crippen LogP contribution >= 0.6 is 24.4 Å². The van der Waals surface area contributed by atoms with Crippen molar-refractivity contribution in [3.8, 4) is 5.82 Å². The van der Waals surface area contributed by atoms with Gasteiger partial charge in [-0.25, -0.2) is 4.98 Å². The van der Waals surface area contributed by atoms with Crippen LogP contribution in [0.25, 0.3) is 16.7 Å². The Bertz CT molecular complexity index is 1740. The van der Waals surface area contributed by atoms with Crippen molar-refractivity contribution in [2.75, 3.05) is 59.3 Å². The third-order valence-corrected chi connectivity index (χ3v) is 8.83. The molecule has 1 N–H and O–H groups in total. The van der Waals surface area contributed by atoms with Crippen LogP contribution in [0.4, 0.5) is 5.69 Å². The summed E-state index contributed by atoms with van der Waals surface area (Å²) in [4.78, 5) is 13.6. The lowest BCUT2D eigenvalue weighted by atomic mass is 10.2. The van der Waals surface area contributed by atoms with Crippen molar-refractivity contribution in [1.82, 2.24) is 33.7 Å². The van der Waals surface area contributed by atoms with E-state index in [2.05, 4.69) is 64.3 Å². The Hall–Kier alpha value is -3.71. The highest BCUT2D eigenvalue weighted by molar-refractivity contribution is 7.72. The average molecular weight is 722 g/mol. The molecule has 3 aromatic heterocycles. The van der Waals surface area contributed by atoms with E-state index in [4.69, 9.17) is 29.2 Å². The molecule has 50 heavy (non-hydrogen) atoms. The standard InChI is InChI=1S/C24H27N7S2.C7H15NO.C5H11N.C2H6/c1-6-16-8-11-20(26-13-16)31-23(32)15(3)21(29(5)24(31)33)22(25-4)28-18-9-10-19-17(12-18)14-27-30(19)7-2;1-2-3-8-4-6-9-7-5-8;1-4-5-6(2)3;1-2/h8-14H,6-7H2,1-5H3,(H,25,28);2-7H2,1H3;4-5H,1-3H3;1-2H3/b;;5-4-;. The predicted octanol–water partition coefficient (Wildman–Crippen LogP) is 8.24. The number of aromatic nitrogens is 5. The summed E-state index contributed by atoms with van der Waals surface area (Å²) >= 11 is 11.6. The quantitative estimate of drug-likeness (QED) is 0.111. The van der Waals surface area contributed by atoms with E-state index in [0.29, 0.717) is 21.1 Å². The number of anilines is 1. The van der Waals surface area contributed by atoms with E-state index in [-0.39, 0.29) is 0 Å². The summed E-state index contributed by atoms with van der Waals surface area (Å²) in [6.07, 6.45) is 9.94. The number of morpholine rings is 1. The minimum Gasteiger partial charge on any atom is -0.384 e. The number of aliphatic imine (C=N–C) groups is 1. The number of allylic oxidation sites excluding steroid dienone is 1. The van der Waals surface area contributed by atoms with Crippen LogP contribution in [0.15, 0.2) is 60.0 Å². The monoisotopic (exact) mass is 721 g/mol. The molecule has 0 amide bonds. The summed E-state index contributed by atoms with van der Waals surface area (Å²) in [6, 6.07) is 10.2. The normalized spacial score (nSPS) is 13.1. The molecule has 4 heterocycles. The minimum atomic E-state index is 0.556. The fraction of sp³-hybridized carbons (Fsp3) is 0.500. The molecule has 274 valence electrons. The van der Waals surface area contributed by atoms with Crippen molar-refractivity contribution in [1.29, 1.82) is 0 Å². The van der Waals surface area contributed by atoms with Crippen LogP contribution < -0.4 is 5.32 Å². The molecule has 4 aromatic rings. The van der Waals surface area contributed by atoms with Gasteiger partial charge in [0.2, 0.25) is 0 Å². The highest BCUT2D eigenvalue weighted by Gasteiger charge is 2.17. The molecule has 0 saturated carbocycles. The summed E-state index contributed by atoms with van der Waals surface area (Å²) in [5.41, 5.74) is 4.93. The second kappa shape index (κ2) is 22.2. The molecule has 0 radical (unpaired) electrons. The molecular weight excluding hydrogens is 663 g/mol. The molecule has 0 bridgehead atoms. The highest BCUT2D eigenvalue weighted by atomic mass is 32.1. The SMILES string of the molecule is C/C=C\N(C)C.CC.CCCN1CCOCC1.CCc1ccc(-n2c(=S)c(C)c(C(=NC)Nc3ccc4c(cnn4CC)c3)n(C)c2=S)nc1. The molecule has 0 spiro atoms. The van der Waals surface area contributed by atoms with Crippen LogP contribution in [0.2, 0.25) is 0 Å². The molecular formula is C38H59N9OS2. The van der Waals surface area contributed by atoms with Gasteiger partial charge in [-0.1, -0.05) is 52.1 Å². The van der Waals surface area contributed by atoms with Crippen molar-refractivity contribution in [3.63, 3.8) is 0 Å². The average Bonchev–Trinajstić information content (AvgIpc) is 3.55. The first kappa shape index (κ1) is 42.5. The maximum atomic E-state index is 5.83. The molecule has 1 aromatic carbocycles. The van der Waals surface area contributed by atoms with E-state index in [9.17, 15) is 0 Å². The smallest absolute Gasteiger partial charge is 0.187 e. The first-order valence-electron chi connectivity index (χ1n) is 17.7. The maximum absolute atomic E-state index is 5.83. The van der Waals surface area contributed by atoms with Gasteiger partial charge < -0.3 is 19.5 Å². The number of nitrogens with zero attached hydrogens (tertiary/aromatic N) is 8. The summed E-state index contributed by atoms with van der Waals surface area (Å²) in [6.45, 7) is 20.6.